The molecule has 0 aliphatic heterocycles. The van der Waals surface area contributed by atoms with E-state index in [9.17, 15) is 8.78 Å². The highest BCUT2D eigenvalue weighted by molar-refractivity contribution is 6.32. The Hall–Kier alpha value is -1.82. The molecule has 92 valence electrons. The number of hydrogen-bond acceptors (Lipinski definition) is 3. The van der Waals surface area contributed by atoms with Gasteiger partial charge in [-0.25, -0.2) is 18.7 Å². The highest BCUT2D eigenvalue weighted by Gasteiger charge is 2.12. The molecule has 0 spiro atoms. The van der Waals surface area contributed by atoms with Crippen molar-refractivity contribution in [2.24, 2.45) is 5.73 Å². The summed E-state index contributed by atoms with van der Waals surface area (Å²) in [6, 6.07) is 2.98. The summed E-state index contributed by atoms with van der Waals surface area (Å²) in [5.41, 5.74) is 8.06. The van der Waals surface area contributed by atoms with Crippen LogP contribution >= 0.6 is 0 Å². The van der Waals surface area contributed by atoms with Crippen molar-refractivity contribution in [1.29, 1.82) is 0 Å². The predicted octanol–water partition coefficient (Wildman–Crippen LogP) is 0.256. The molecule has 3 nitrogen and oxygen atoms in total. The third-order valence-corrected chi connectivity index (χ3v) is 2.66. The molecule has 2 N–H and O–H groups in total. The van der Waals surface area contributed by atoms with Crippen molar-refractivity contribution >= 4 is 13.3 Å². The standard InChI is InChI=1S/C12H12BF2N3/c13-10-5-17-6-18-12(10)11(16)3-7-1-8(14)4-9(15)2-7/h1-2,4-6,11H,3,13,16H2/t11-/m0/s1. The minimum Gasteiger partial charge on any atom is -0.322 e. The Kier molecular flexibility index (Phi) is 3.67. The first-order valence-electron chi connectivity index (χ1n) is 5.53. The molecule has 0 saturated carbocycles. The van der Waals surface area contributed by atoms with Crippen LogP contribution in [0.5, 0.6) is 0 Å². The second-order valence-corrected chi connectivity index (χ2v) is 4.18. The molecule has 0 aliphatic carbocycles. The Bertz CT molecular complexity index is 543. The Labute approximate surface area is 104 Å². The molecule has 1 heterocycles. The van der Waals surface area contributed by atoms with Gasteiger partial charge in [-0.15, -0.1) is 0 Å². The molecular formula is C12H12BF2N3. The Morgan fingerprint density at radius 2 is 1.89 bits per heavy atom. The lowest BCUT2D eigenvalue weighted by Gasteiger charge is -2.13. The zero-order valence-electron chi connectivity index (χ0n) is 9.90. The smallest absolute Gasteiger partial charge is 0.143 e. The van der Waals surface area contributed by atoms with Gasteiger partial charge in [-0.1, -0.05) is 0 Å². The summed E-state index contributed by atoms with van der Waals surface area (Å²) in [5.74, 6) is -1.20. The first-order chi connectivity index (χ1) is 8.56. The summed E-state index contributed by atoms with van der Waals surface area (Å²) in [4.78, 5) is 7.97. The fraction of sp³-hybridized carbons (Fsp3) is 0.167. The van der Waals surface area contributed by atoms with E-state index in [1.54, 1.807) is 6.20 Å². The van der Waals surface area contributed by atoms with Crippen molar-refractivity contribution in [1.82, 2.24) is 9.97 Å². The Morgan fingerprint density at radius 1 is 1.22 bits per heavy atom. The lowest BCUT2D eigenvalue weighted by atomic mass is 9.91. The van der Waals surface area contributed by atoms with Crippen LogP contribution in [0.25, 0.3) is 0 Å². The minimum absolute atomic E-state index is 0.326. The fourth-order valence-electron chi connectivity index (χ4n) is 1.88. The Morgan fingerprint density at radius 3 is 2.50 bits per heavy atom. The molecule has 0 amide bonds. The summed E-state index contributed by atoms with van der Waals surface area (Å²) in [6.07, 6.45) is 3.40. The number of benzene rings is 1. The molecule has 0 fully saturated rings. The van der Waals surface area contributed by atoms with Gasteiger partial charge < -0.3 is 5.73 Å². The van der Waals surface area contributed by atoms with E-state index in [1.807, 2.05) is 7.85 Å². The van der Waals surface area contributed by atoms with Crippen LogP contribution in [0.15, 0.2) is 30.7 Å². The largest absolute Gasteiger partial charge is 0.322 e. The van der Waals surface area contributed by atoms with Crippen molar-refractivity contribution in [3.63, 3.8) is 0 Å². The molecule has 1 atom stereocenters. The molecule has 2 rings (SSSR count). The second kappa shape index (κ2) is 5.22. The summed E-state index contributed by atoms with van der Waals surface area (Å²) in [7, 11) is 1.85. The van der Waals surface area contributed by atoms with Crippen LogP contribution in [-0.4, -0.2) is 17.8 Å². The summed E-state index contributed by atoms with van der Waals surface area (Å²) < 4.78 is 26.1. The van der Waals surface area contributed by atoms with Gasteiger partial charge in [0.15, 0.2) is 0 Å². The topological polar surface area (TPSA) is 51.8 Å². The normalized spacial score (nSPS) is 12.4. The molecule has 18 heavy (non-hydrogen) atoms. The zero-order chi connectivity index (χ0) is 13.1. The van der Waals surface area contributed by atoms with E-state index in [2.05, 4.69) is 9.97 Å². The van der Waals surface area contributed by atoms with Crippen molar-refractivity contribution in [2.75, 3.05) is 0 Å². The van der Waals surface area contributed by atoms with E-state index < -0.39 is 17.7 Å². The summed E-state index contributed by atoms with van der Waals surface area (Å²) in [5, 5.41) is 0. The minimum atomic E-state index is -0.600. The van der Waals surface area contributed by atoms with Crippen molar-refractivity contribution in [3.05, 3.63) is 53.6 Å². The molecule has 1 aromatic heterocycles. The third kappa shape index (κ3) is 2.90. The fourth-order valence-corrected chi connectivity index (χ4v) is 1.88. The van der Waals surface area contributed by atoms with Crippen LogP contribution in [0.1, 0.15) is 17.3 Å². The highest BCUT2D eigenvalue weighted by Crippen LogP contribution is 2.15. The van der Waals surface area contributed by atoms with Crippen molar-refractivity contribution < 1.29 is 8.78 Å². The number of nitrogens with two attached hydrogens (primary N) is 1. The lowest BCUT2D eigenvalue weighted by molar-refractivity contribution is 0.576. The van der Waals surface area contributed by atoms with Gasteiger partial charge in [0.05, 0.1) is 11.7 Å². The summed E-state index contributed by atoms with van der Waals surface area (Å²) in [6.45, 7) is 0. The molecule has 0 bridgehead atoms. The van der Waals surface area contributed by atoms with Crippen molar-refractivity contribution in [3.8, 4) is 0 Å². The quantitative estimate of drug-likeness (QED) is 0.791. The molecule has 1 aromatic carbocycles. The van der Waals surface area contributed by atoms with Crippen LogP contribution in [0.3, 0.4) is 0 Å². The maximum Gasteiger partial charge on any atom is 0.143 e. The van der Waals surface area contributed by atoms with Gasteiger partial charge >= 0.3 is 0 Å². The highest BCUT2D eigenvalue weighted by atomic mass is 19.1. The number of hydrogen-bond donors (Lipinski definition) is 1. The van der Waals surface area contributed by atoms with E-state index in [4.69, 9.17) is 5.73 Å². The maximum atomic E-state index is 13.1. The first kappa shape index (κ1) is 12.6. The van der Waals surface area contributed by atoms with Crippen LogP contribution in [-0.2, 0) is 6.42 Å². The lowest BCUT2D eigenvalue weighted by Crippen LogP contribution is -2.24. The second-order valence-electron chi connectivity index (χ2n) is 4.18. The average Bonchev–Trinajstić information content (AvgIpc) is 2.27. The van der Waals surface area contributed by atoms with Gasteiger partial charge in [0.25, 0.3) is 0 Å². The molecular weight excluding hydrogens is 235 g/mol. The summed E-state index contributed by atoms with van der Waals surface area (Å²) >= 11 is 0. The van der Waals surface area contributed by atoms with E-state index in [0.29, 0.717) is 17.7 Å². The molecule has 6 heteroatoms. The van der Waals surface area contributed by atoms with Crippen LogP contribution in [0.2, 0.25) is 0 Å². The van der Waals surface area contributed by atoms with E-state index in [0.717, 1.165) is 11.5 Å². The monoisotopic (exact) mass is 247 g/mol. The number of aromatic nitrogens is 2. The Balaban J connectivity index is 2.21. The van der Waals surface area contributed by atoms with Gasteiger partial charge in [-0.2, -0.15) is 0 Å². The van der Waals surface area contributed by atoms with Crippen molar-refractivity contribution in [2.45, 2.75) is 12.5 Å². The van der Waals surface area contributed by atoms with Crippen LogP contribution in [0.4, 0.5) is 8.78 Å². The molecule has 0 aliphatic rings. The van der Waals surface area contributed by atoms with Gasteiger partial charge in [0.2, 0.25) is 0 Å². The first-order valence-corrected chi connectivity index (χ1v) is 5.53. The zero-order valence-corrected chi connectivity index (χ0v) is 9.90. The number of nitrogens with zero attached hydrogens (tertiary/aromatic N) is 2. The average molecular weight is 247 g/mol. The van der Waals surface area contributed by atoms with Gasteiger partial charge in [0.1, 0.15) is 25.8 Å². The van der Waals surface area contributed by atoms with E-state index in [1.165, 1.54) is 18.5 Å². The van der Waals surface area contributed by atoms with Crippen LogP contribution in [0, 0.1) is 11.6 Å². The third-order valence-electron chi connectivity index (χ3n) is 2.66. The maximum absolute atomic E-state index is 13.1. The van der Waals surface area contributed by atoms with Gasteiger partial charge in [0, 0.05) is 12.3 Å². The predicted molar refractivity (Wildman–Crippen MR) is 67.2 cm³/mol. The van der Waals surface area contributed by atoms with Gasteiger partial charge in [-0.3, -0.25) is 0 Å². The number of rotatable bonds is 3. The van der Waals surface area contributed by atoms with Crippen LogP contribution < -0.4 is 11.2 Å². The molecule has 2 aromatic rings. The molecule has 0 radical (unpaired) electrons. The SMILES string of the molecule is Bc1cncnc1[C@@H](N)Cc1cc(F)cc(F)c1. The molecule has 0 unspecified atom stereocenters. The van der Waals surface area contributed by atoms with Gasteiger partial charge in [-0.05, 0) is 29.6 Å². The van der Waals surface area contributed by atoms with E-state index in [-0.39, 0.29) is 0 Å². The van der Waals surface area contributed by atoms with E-state index >= 15 is 0 Å². The number of halogens is 2. The molecule has 0 saturated heterocycles.